The molecule has 1 aromatic heterocycles. The number of nitrogens with zero attached hydrogens (tertiary/aromatic N) is 1. The lowest BCUT2D eigenvalue weighted by molar-refractivity contribution is -0.143. The molecule has 1 heterocycles. The summed E-state index contributed by atoms with van der Waals surface area (Å²) < 4.78 is 7.45. The van der Waals surface area contributed by atoms with Crippen molar-refractivity contribution in [3.63, 3.8) is 0 Å². The van der Waals surface area contributed by atoms with Crippen molar-refractivity contribution in [1.29, 1.82) is 0 Å². The molecule has 0 aliphatic carbocycles. The first-order valence-electron chi connectivity index (χ1n) is 14.0. The maximum Gasteiger partial charge on any atom is 0.312 e. The fourth-order valence-corrected chi connectivity index (χ4v) is 6.33. The van der Waals surface area contributed by atoms with Crippen molar-refractivity contribution in [3.05, 3.63) is 64.3 Å². The molecule has 1 atom stereocenters. The van der Waals surface area contributed by atoms with Crippen molar-refractivity contribution >= 4 is 46.3 Å². The van der Waals surface area contributed by atoms with E-state index in [1.54, 1.807) is 6.92 Å². The Balaban J connectivity index is 2.18. The van der Waals surface area contributed by atoms with Crippen LogP contribution in [-0.2, 0) is 22.5 Å². The normalized spacial score (nSPS) is 13.4. The molecular formula is C32H44ClN3O3S. The van der Waals surface area contributed by atoms with E-state index in [0.29, 0.717) is 49.8 Å². The van der Waals surface area contributed by atoms with E-state index in [-0.39, 0.29) is 10.7 Å². The number of halogens is 1. The molecule has 8 heteroatoms. The average molecular weight is 586 g/mol. The van der Waals surface area contributed by atoms with Crippen molar-refractivity contribution in [2.24, 2.45) is 5.73 Å². The van der Waals surface area contributed by atoms with Gasteiger partial charge in [0.05, 0.1) is 6.61 Å². The van der Waals surface area contributed by atoms with E-state index in [0.717, 1.165) is 16.8 Å². The van der Waals surface area contributed by atoms with E-state index in [1.165, 1.54) is 15.8 Å². The van der Waals surface area contributed by atoms with Crippen LogP contribution in [0.25, 0.3) is 10.9 Å². The molecule has 218 valence electrons. The van der Waals surface area contributed by atoms with Gasteiger partial charge in [0.1, 0.15) is 0 Å². The molecule has 0 aliphatic rings. The molecule has 3 aromatic rings. The minimum Gasteiger partial charge on any atom is -0.466 e. The Labute approximate surface area is 248 Å². The molecule has 40 heavy (non-hydrogen) atoms. The average Bonchev–Trinajstić information content (AvgIpc) is 3.10. The van der Waals surface area contributed by atoms with E-state index in [4.69, 9.17) is 22.1 Å². The van der Waals surface area contributed by atoms with Crippen LogP contribution in [0.2, 0.25) is 5.02 Å². The van der Waals surface area contributed by atoms with Crippen LogP contribution in [0.3, 0.4) is 0 Å². The van der Waals surface area contributed by atoms with Crippen LogP contribution in [0.4, 0.5) is 4.79 Å². The summed E-state index contributed by atoms with van der Waals surface area (Å²) in [6, 6.07) is 14.1. The second kappa shape index (κ2) is 13.3. The highest BCUT2D eigenvalue weighted by molar-refractivity contribution is 8.00. The highest BCUT2D eigenvalue weighted by atomic mass is 35.5. The molecule has 0 aliphatic heterocycles. The lowest BCUT2D eigenvalue weighted by Crippen LogP contribution is -2.50. The third kappa shape index (κ3) is 8.68. The molecule has 0 spiro atoms. The molecule has 0 fully saturated rings. The summed E-state index contributed by atoms with van der Waals surface area (Å²) in [5.74, 6) is 0.163. The lowest BCUT2D eigenvalue weighted by atomic mass is 9.89. The van der Waals surface area contributed by atoms with E-state index >= 15 is 0 Å². The van der Waals surface area contributed by atoms with Crippen molar-refractivity contribution in [2.75, 3.05) is 6.61 Å². The van der Waals surface area contributed by atoms with Gasteiger partial charge >= 0.3 is 12.0 Å². The van der Waals surface area contributed by atoms with E-state index in [1.807, 2.05) is 30.8 Å². The first-order chi connectivity index (χ1) is 18.7. The zero-order valence-electron chi connectivity index (χ0n) is 24.9. The summed E-state index contributed by atoms with van der Waals surface area (Å²) in [7, 11) is 0. The number of nitrogens with one attached hydrogen (secondary N) is 1. The molecule has 0 saturated heterocycles. The number of carbonyl (C=O) groups excluding carboxylic acids is 2. The fourth-order valence-electron chi connectivity index (χ4n) is 5.02. The Bertz CT molecular complexity index is 1330. The Morgan fingerprint density at radius 1 is 1.10 bits per heavy atom. The quantitative estimate of drug-likeness (QED) is 0.166. The van der Waals surface area contributed by atoms with Crippen LogP contribution >= 0.6 is 23.4 Å². The number of fused-ring (bicyclic) bond motifs is 1. The third-order valence-electron chi connectivity index (χ3n) is 6.87. The fraction of sp³-hybridized carbons (Fsp3) is 0.500. The largest absolute Gasteiger partial charge is 0.466 e. The van der Waals surface area contributed by atoms with Gasteiger partial charge < -0.3 is 20.4 Å². The predicted molar refractivity (Wildman–Crippen MR) is 168 cm³/mol. The van der Waals surface area contributed by atoms with Crippen LogP contribution in [0.5, 0.6) is 0 Å². The standard InChI is InChI=1S/C32H44ClN3O3S/c1-8-39-28(37)10-9-17-32(7,35-30(34)38)19-27-29(40-31(4,5)6)25-18-23(21(2)3)13-16-26(25)36(27)20-22-11-14-24(33)15-12-22/h11-16,18,21H,8-10,17,19-20H2,1-7H3,(H3,34,35,38). The number of ether oxygens (including phenoxy) is 1. The molecule has 3 rings (SSSR count). The molecular weight excluding hydrogens is 542 g/mol. The van der Waals surface area contributed by atoms with Crippen LogP contribution < -0.4 is 11.1 Å². The number of hydrogen-bond donors (Lipinski definition) is 2. The van der Waals surface area contributed by atoms with Crippen LogP contribution in [-0.4, -0.2) is 33.5 Å². The number of carbonyl (C=O) groups is 2. The Morgan fingerprint density at radius 2 is 1.77 bits per heavy atom. The van der Waals surface area contributed by atoms with E-state index in [2.05, 4.69) is 74.8 Å². The van der Waals surface area contributed by atoms with Crippen molar-refractivity contribution in [3.8, 4) is 0 Å². The minimum absolute atomic E-state index is 0.0423. The van der Waals surface area contributed by atoms with Gasteiger partial charge in [-0.05, 0) is 68.0 Å². The number of amides is 2. The predicted octanol–water partition coefficient (Wildman–Crippen LogP) is 8.06. The summed E-state index contributed by atoms with van der Waals surface area (Å²) >= 11 is 8.04. The Morgan fingerprint density at radius 3 is 2.35 bits per heavy atom. The maximum absolute atomic E-state index is 12.2. The number of urea groups is 1. The first-order valence-corrected chi connectivity index (χ1v) is 15.2. The van der Waals surface area contributed by atoms with Gasteiger partial charge in [0.15, 0.2) is 0 Å². The Hall–Kier alpha value is -2.64. The van der Waals surface area contributed by atoms with Gasteiger partial charge in [-0.25, -0.2) is 4.79 Å². The van der Waals surface area contributed by atoms with Gasteiger partial charge in [-0.2, -0.15) is 0 Å². The monoisotopic (exact) mass is 585 g/mol. The van der Waals surface area contributed by atoms with Gasteiger partial charge in [-0.15, -0.1) is 11.8 Å². The summed E-state index contributed by atoms with van der Waals surface area (Å²) in [4.78, 5) is 25.5. The van der Waals surface area contributed by atoms with Crippen molar-refractivity contribution in [1.82, 2.24) is 9.88 Å². The highest BCUT2D eigenvalue weighted by Gasteiger charge is 2.32. The highest BCUT2D eigenvalue weighted by Crippen LogP contribution is 2.43. The van der Waals surface area contributed by atoms with Gasteiger partial charge in [-0.3, -0.25) is 4.79 Å². The number of aromatic nitrogens is 1. The molecule has 2 amide bonds. The summed E-state index contributed by atoms with van der Waals surface area (Å²) in [6.45, 7) is 15.9. The zero-order chi connectivity index (χ0) is 29.7. The first kappa shape index (κ1) is 31.9. The van der Waals surface area contributed by atoms with Crippen LogP contribution in [0.1, 0.15) is 90.5 Å². The number of esters is 1. The molecule has 0 radical (unpaired) electrons. The van der Waals surface area contributed by atoms with Crippen LogP contribution in [0.15, 0.2) is 47.4 Å². The number of benzene rings is 2. The molecule has 2 aromatic carbocycles. The summed E-state index contributed by atoms with van der Waals surface area (Å²) in [5, 5.41) is 4.93. The number of rotatable bonds is 12. The van der Waals surface area contributed by atoms with Gasteiger partial charge in [-0.1, -0.05) is 64.4 Å². The number of primary amides is 1. The van der Waals surface area contributed by atoms with E-state index < -0.39 is 11.6 Å². The smallest absolute Gasteiger partial charge is 0.312 e. The zero-order valence-corrected chi connectivity index (χ0v) is 26.5. The molecule has 6 nitrogen and oxygen atoms in total. The van der Waals surface area contributed by atoms with E-state index in [9.17, 15) is 9.59 Å². The number of nitrogens with two attached hydrogens (primary N) is 1. The number of thioether (sulfide) groups is 1. The summed E-state index contributed by atoms with van der Waals surface area (Å²) in [6.07, 6.45) is 2.00. The van der Waals surface area contributed by atoms with Gasteiger partial charge in [0.2, 0.25) is 0 Å². The Kier molecular flexibility index (Phi) is 10.6. The minimum atomic E-state index is -0.668. The lowest BCUT2D eigenvalue weighted by Gasteiger charge is -2.32. The molecule has 0 bridgehead atoms. The third-order valence-corrected chi connectivity index (χ3v) is 8.39. The van der Waals surface area contributed by atoms with Gasteiger partial charge in [0, 0.05) is 56.2 Å². The second-order valence-electron chi connectivity index (χ2n) is 12.0. The maximum atomic E-state index is 12.2. The van der Waals surface area contributed by atoms with Crippen molar-refractivity contribution < 1.29 is 14.3 Å². The SMILES string of the molecule is CCOC(=O)CCCC(C)(Cc1c(SC(C)(C)C)c2cc(C(C)C)ccc2n1Cc1ccc(Cl)cc1)NC(N)=O. The summed E-state index contributed by atoms with van der Waals surface area (Å²) in [5.41, 5.74) is 9.72. The van der Waals surface area contributed by atoms with Gasteiger partial charge in [0.25, 0.3) is 0 Å². The molecule has 0 saturated carbocycles. The van der Waals surface area contributed by atoms with Crippen molar-refractivity contribution in [2.45, 2.75) is 102 Å². The number of hydrogen-bond acceptors (Lipinski definition) is 4. The van der Waals surface area contributed by atoms with Crippen LogP contribution in [0, 0.1) is 0 Å². The molecule has 1 unspecified atom stereocenters. The molecule has 3 N–H and O–H groups in total. The topological polar surface area (TPSA) is 86.3 Å². The second-order valence-corrected chi connectivity index (χ2v) is 14.3.